The molecule has 0 radical (unpaired) electrons. The van der Waals surface area contributed by atoms with E-state index in [2.05, 4.69) is 63.5 Å². The van der Waals surface area contributed by atoms with Gasteiger partial charge in [0.25, 0.3) is 5.91 Å². The zero-order chi connectivity index (χ0) is 37.0. The number of amides is 1. The average molecular weight is 724 g/mol. The summed E-state index contributed by atoms with van der Waals surface area (Å²) in [6, 6.07) is 36.0. The quantitative estimate of drug-likeness (QED) is 0.140. The van der Waals surface area contributed by atoms with Gasteiger partial charge in [-0.3, -0.25) is 14.3 Å². The number of aromatic amines is 1. The van der Waals surface area contributed by atoms with Gasteiger partial charge in [0, 0.05) is 56.1 Å². The lowest BCUT2D eigenvalue weighted by Crippen LogP contribution is -2.47. The number of carbonyl (C=O) groups excluding carboxylic acids is 1. The number of benzene rings is 4. The Morgan fingerprint density at radius 2 is 1.65 bits per heavy atom. The van der Waals surface area contributed by atoms with Crippen LogP contribution in [-0.2, 0) is 22.6 Å². The Hall–Kier alpha value is -5.39. The number of fused-ring (bicyclic) bond motifs is 1. The van der Waals surface area contributed by atoms with Gasteiger partial charge in [0.2, 0.25) is 0 Å². The van der Waals surface area contributed by atoms with Crippen molar-refractivity contribution in [1.29, 1.82) is 0 Å². The van der Waals surface area contributed by atoms with E-state index in [4.69, 9.17) is 9.47 Å². The van der Waals surface area contributed by atoms with Gasteiger partial charge in [-0.25, -0.2) is 4.79 Å². The summed E-state index contributed by atoms with van der Waals surface area (Å²) in [5, 5.41) is 12.6. The van der Waals surface area contributed by atoms with Crippen LogP contribution in [-0.4, -0.2) is 56.2 Å². The summed E-state index contributed by atoms with van der Waals surface area (Å²) in [5.74, 6) is -0.0943. The number of aliphatic hydroxyl groups excluding tert-OH is 1. The van der Waals surface area contributed by atoms with Gasteiger partial charge < -0.3 is 29.8 Å². The molecule has 0 bridgehead atoms. The maximum Gasteiger partial charge on any atom is 0.326 e. The molecule has 54 heavy (non-hydrogen) atoms. The number of nitrogens with zero attached hydrogens (tertiary/aromatic N) is 3. The van der Waals surface area contributed by atoms with Crippen LogP contribution in [0.25, 0.3) is 22.2 Å². The lowest BCUT2D eigenvalue weighted by atomic mass is 9.89. The van der Waals surface area contributed by atoms with Gasteiger partial charge in [-0.2, -0.15) is 0 Å². The fourth-order valence-electron chi connectivity index (χ4n) is 7.85. The predicted octanol–water partition coefficient (Wildman–Crippen LogP) is 6.94. The van der Waals surface area contributed by atoms with Crippen molar-refractivity contribution in [1.82, 2.24) is 24.8 Å². The van der Waals surface area contributed by atoms with E-state index in [0.29, 0.717) is 12.1 Å². The topological polar surface area (TPSA) is 122 Å². The third-order valence-corrected chi connectivity index (χ3v) is 10.9. The number of rotatable bonds is 10. The number of pyridine rings is 1. The van der Waals surface area contributed by atoms with Gasteiger partial charge >= 0.3 is 5.69 Å². The lowest BCUT2D eigenvalue weighted by molar-refractivity contribution is -0.276. The summed E-state index contributed by atoms with van der Waals surface area (Å²) in [6.45, 7) is 5.08. The Labute approximate surface area is 314 Å². The second-order valence-corrected chi connectivity index (χ2v) is 14.4. The molecule has 2 aliphatic rings. The average Bonchev–Trinajstić information content (AvgIpc) is 3.57. The number of piperidine rings is 1. The minimum absolute atomic E-state index is 0.00829. The van der Waals surface area contributed by atoms with Crippen LogP contribution in [0.3, 0.4) is 0 Å². The Morgan fingerprint density at radius 3 is 2.41 bits per heavy atom. The van der Waals surface area contributed by atoms with Crippen LogP contribution in [0.2, 0.25) is 0 Å². The fraction of sp³-hybridized carbons (Fsp3) is 0.295. The minimum Gasteiger partial charge on any atom is -0.392 e. The van der Waals surface area contributed by atoms with Crippen LogP contribution < -0.4 is 11.0 Å². The zero-order valence-electron chi connectivity index (χ0n) is 30.3. The normalized spacial score (nSPS) is 20.9. The number of nitrogens with one attached hydrogen (secondary N) is 2. The Bertz CT molecular complexity index is 2240. The van der Waals surface area contributed by atoms with Crippen molar-refractivity contribution < 1.29 is 19.4 Å². The van der Waals surface area contributed by atoms with Crippen molar-refractivity contribution in [2.75, 3.05) is 19.6 Å². The number of carbonyl (C=O) groups is 1. The summed E-state index contributed by atoms with van der Waals surface area (Å²) >= 11 is 0. The first-order valence-corrected chi connectivity index (χ1v) is 18.7. The molecule has 0 aliphatic carbocycles. The van der Waals surface area contributed by atoms with E-state index in [0.717, 1.165) is 76.9 Å². The number of hydrogen-bond acceptors (Lipinski definition) is 7. The first-order valence-electron chi connectivity index (χ1n) is 18.7. The maximum absolute atomic E-state index is 12.9. The molecule has 4 heterocycles. The number of ether oxygens (including phenoxy) is 2. The SMILES string of the molecule is C[C@H]1[C@@H](CN2CCC(n3c(=O)[nH]c4ccccc43)CC2)O[C@@H](c2ccc(-c3cccc(CNC(=O)c4cccnc4)c3)cc2)O[C@H]1c1ccc(CO)cc1. The molecule has 1 amide bonds. The lowest BCUT2D eigenvalue weighted by Gasteiger charge is -2.44. The number of likely N-dealkylation sites (tertiary alicyclic amines) is 1. The highest BCUT2D eigenvalue weighted by atomic mass is 16.7. The third-order valence-electron chi connectivity index (χ3n) is 10.9. The molecule has 276 valence electrons. The maximum atomic E-state index is 12.9. The molecular weight excluding hydrogens is 679 g/mol. The number of aromatic nitrogens is 3. The molecule has 0 unspecified atom stereocenters. The number of para-hydroxylation sites is 2. The van der Waals surface area contributed by atoms with E-state index in [9.17, 15) is 14.7 Å². The summed E-state index contributed by atoms with van der Waals surface area (Å²) in [7, 11) is 0. The van der Waals surface area contributed by atoms with E-state index in [1.165, 1.54) is 0 Å². The van der Waals surface area contributed by atoms with Gasteiger partial charge in [0.1, 0.15) is 0 Å². The first kappa shape index (κ1) is 35.6. The number of H-pyrrole nitrogens is 1. The van der Waals surface area contributed by atoms with Gasteiger partial charge in [-0.05, 0) is 71.0 Å². The van der Waals surface area contributed by atoms with Crippen molar-refractivity contribution in [2.45, 2.75) is 57.5 Å². The van der Waals surface area contributed by atoms with Crippen LogP contribution in [0, 0.1) is 5.92 Å². The highest BCUT2D eigenvalue weighted by Gasteiger charge is 2.39. The minimum atomic E-state index is -0.570. The van der Waals surface area contributed by atoms with Crippen molar-refractivity contribution in [3.05, 3.63) is 160 Å². The Kier molecular flexibility index (Phi) is 10.5. The molecule has 6 aromatic rings. The molecule has 4 aromatic carbocycles. The Balaban J connectivity index is 0.969. The first-order chi connectivity index (χ1) is 26.4. The molecule has 4 atom stereocenters. The second-order valence-electron chi connectivity index (χ2n) is 14.4. The number of hydrogen-bond donors (Lipinski definition) is 3. The summed E-state index contributed by atoms with van der Waals surface area (Å²) in [6.07, 6.45) is 4.10. The van der Waals surface area contributed by atoms with Crippen LogP contribution in [0.5, 0.6) is 0 Å². The van der Waals surface area contributed by atoms with Crippen LogP contribution in [0.1, 0.15) is 70.8 Å². The molecule has 2 aliphatic heterocycles. The molecule has 0 spiro atoms. The zero-order valence-corrected chi connectivity index (χ0v) is 30.3. The number of aliphatic hydroxyl groups is 1. The van der Waals surface area contributed by atoms with Gasteiger partial charge in [-0.15, -0.1) is 0 Å². The molecule has 8 rings (SSSR count). The van der Waals surface area contributed by atoms with Crippen molar-refractivity contribution in [3.8, 4) is 11.1 Å². The molecule has 0 saturated carbocycles. The molecule has 10 nitrogen and oxygen atoms in total. The standard InChI is InChI=1S/C44H45N5O5/c1-29-40(27-48-22-19-37(20-23-48)49-39-10-3-2-9-38(39)47-44(49)52)53-43(54-41(29)33-13-11-30(28-50)12-14-33)34-17-15-32(16-18-34)35-7-4-6-31(24-35)25-46-42(51)36-8-5-21-45-26-36/h2-18,21,24,26,29,37,40-41,43,50H,19-20,22-23,25,27-28H2,1H3,(H,46,51)(H,47,52)/t29-,40+,41+,43+/m0/s1. The third kappa shape index (κ3) is 7.65. The molecule has 10 heteroatoms. The van der Waals surface area contributed by atoms with E-state index in [1.54, 1.807) is 24.5 Å². The van der Waals surface area contributed by atoms with Crippen LogP contribution in [0.4, 0.5) is 0 Å². The molecule has 2 fully saturated rings. The highest BCUT2D eigenvalue weighted by Crippen LogP contribution is 2.42. The second kappa shape index (κ2) is 15.9. The van der Waals surface area contributed by atoms with E-state index in [-0.39, 0.29) is 42.4 Å². The summed E-state index contributed by atoms with van der Waals surface area (Å²) in [4.78, 5) is 35.0. The molecule has 2 saturated heterocycles. The Morgan fingerprint density at radius 1 is 0.870 bits per heavy atom. The van der Waals surface area contributed by atoms with Crippen molar-refractivity contribution in [2.24, 2.45) is 5.92 Å². The van der Waals surface area contributed by atoms with Crippen molar-refractivity contribution in [3.63, 3.8) is 0 Å². The van der Waals surface area contributed by atoms with Gasteiger partial charge in [0.15, 0.2) is 6.29 Å². The monoisotopic (exact) mass is 723 g/mol. The van der Waals surface area contributed by atoms with Gasteiger partial charge in [-0.1, -0.05) is 85.8 Å². The summed E-state index contributed by atoms with van der Waals surface area (Å²) in [5.41, 5.74) is 8.27. The smallest absolute Gasteiger partial charge is 0.326 e. The van der Waals surface area contributed by atoms with E-state index in [1.807, 2.05) is 65.2 Å². The van der Waals surface area contributed by atoms with Gasteiger partial charge in [0.05, 0.1) is 35.4 Å². The highest BCUT2D eigenvalue weighted by molar-refractivity contribution is 5.93. The molecule has 2 aromatic heterocycles. The molecule has 3 N–H and O–H groups in total. The molecular formula is C44H45N5O5. The fourth-order valence-corrected chi connectivity index (χ4v) is 7.85. The van der Waals surface area contributed by atoms with Crippen LogP contribution >= 0.6 is 0 Å². The number of imidazole rings is 1. The predicted molar refractivity (Wildman–Crippen MR) is 208 cm³/mol. The summed E-state index contributed by atoms with van der Waals surface area (Å²) < 4.78 is 15.5. The van der Waals surface area contributed by atoms with E-state index >= 15 is 0 Å². The van der Waals surface area contributed by atoms with Crippen LogP contribution in [0.15, 0.2) is 126 Å². The van der Waals surface area contributed by atoms with Crippen molar-refractivity contribution >= 4 is 16.9 Å². The van der Waals surface area contributed by atoms with E-state index < -0.39 is 6.29 Å². The largest absolute Gasteiger partial charge is 0.392 e.